The summed E-state index contributed by atoms with van der Waals surface area (Å²) >= 11 is 1.30. The molecular weight excluding hydrogens is 288 g/mol. The first-order valence-corrected chi connectivity index (χ1v) is 7.61. The highest BCUT2D eigenvalue weighted by Crippen LogP contribution is 2.26. The van der Waals surface area contributed by atoms with Gasteiger partial charge in [0.15, 0.2) is 10.9 Å². The Balaban J connectivity index is 1.68. The third-order valence-electron chi connectivity index (χ3n) is 3.25. The van der Waals surface area contributed by atoms with Crippen LogP contribution in [0.25, 0.3) is 11.0 Å². The molecule has 0 radical (unpaired) electrons. The van der Waals surface area contributed by atoms with Gasteiger partial charge in [0.25, 0.3) is 5.91 Å². The predicted octanol–water partition coefficient (Wildman–Crippen LogP) is 1.97. The minimum atomic E-state index is -1.23. The standard InChI is InChI=1S/C14H16N4O2S/c1-9-7-14(2,20)18(17-9)12(19)8-21-13-15-10-5-3-4-6-11(10)16-13/h3-6,20H,7-8H2,1-2H3,(H,15,16). The number of aromatic amines is 1. The van der Waals surface area contributed by atoms with E-state index in [0.29, 0.717) is 11.6 Å². The van der Waals surface area contributed by atoms with Crippen LogP contribution in [0.4, 0.5) is 0 Å². The van der Waals surface area contributed by atoms with Gasteiger partial charge in [0.05, 0.1) is 16.8 Å². The van der Waals surface area contributed by atoms with Crippen molar-refractivity contribution in [3.63, 3.8) is 0 Å². The van der Waals surface area contributed by atoms with E-state index in [1.807, 2.05) is 24.3 Å². The number of fused-ring (bicyclic) bond motifs is 1. The summed E-state index contributed by atoms with van der Waals surface area (Å²) in [6, 6.07) is 7.70. The smallest absolute Gasteiger partial charge is 0.255 e. The number of rotatable bonds is 3. The molecule has 0 fully saturated rings. The highest BCUT2D eigenvalue weighted by Gasteiger charge is 2.38. The number of carbonyl (C=O) groups is 1. The summed E-state index contributed by atoms with van der Waals surface area (Å²) in [6.07, 6.45) is 0.383. The van der Waals surface area contributed by atoms with E-state index in [1.165, 1.54) is 11.8 Å². The summed E-state index contributed by atoms with van der Waals surface area (Å²) in [5.41, 5.74) is 1.33. The molecular formula is C14H16N4O2S. The van der Waals surface area contributed by atoms with Crippen LogP contribution in [-0.2, 0) is 4.79 Å². The van der Waals surface area contributed by atoms with Gasteiger partial charge in [0, 0.05) is 12.1 Å². The van der Waals surface area contributed by atoms with Crippen LogP contribution in [0.1, 0.15) is 20.3 Å². The van der Waals surface area contributed by atoms with Crippen molar-refractivity contribution in [2.75, 3.05) is 5.75 Å². The number of benzene rings is 1. The Morgan fingerprint density at radius 1 is 1.52 bits per heavy atom. The van der Waals surface area contributed by atoms with E-state index < -0.39 is 5.72 Å². The topological polar surface area (TPSA) is 81.6 Å². The quantitative estimate of drug-likeness (QED) is 0.849. The normalized spacial score (nSPS) is 21.9. The molecule has 6 nitrogen and oxygen atoms in total. The van der Waals surface area contributed by atoms with Crippen molar-refractivity contribution in [3.8, 4) is 0 Å². The average molecular weight is 304 g/mol. The number of nitrogens with zero attached hydrogens (tertiary/aromatic N) is 3. The first kappa shape index (κ1) is 14.1. The number of H-pyrrole nitrogens is 1. The SMILES string of the molecule is CC1=NN(C(=O)CSc2nc3ccccc3[nH]2)C(C)(O)C1. The van der Waals surface area contributed by atoms with E-state index in [1.54, 1.807) is 13.8 Å². The van der Waals surface area contributed by atoms with Crippen LogP contribution < -0.4 is 0 Å². The van der Waals surface area contributed by atoms with E-state index in [0.717, 1.165) is 21.8 Å². The fraction of sp³-hybridized carbons (Fsp3) is 0.357. The second-order valence-corrected chi connectivity index (χ2v) is 6.25. The number of amides is 1. The van der Waals surface area contributed by atoms with Crippen molar-refractivity contribution in [2.45, 2.75) is 31.1 Å². The molecule has 3 rings (SSSR count). The molecule has 0 saturated heterocycles. The van der Waals surface area contributed by atoms with Crippen molar-refractivity contribution in [2.24, 2.45) is 5.10 Å². The zero-order valence-corrected chi connectivity index (χ0v) is 12.6. The number of thioether (sulfide) groups is 1. The van der Waals surface area contributed by atoms with E-state index in [-0.39, 0.29) is 11.7 Å². The van der Waals surface area contributed by atoms with Gasteiger partial charge in [0.2, 0.25) is 0 Å². The number of aromatic nitrogens is 2. The summed E-state index contributed by atoms with van der Waals surface area (Å²) in [5, 5.41) is 16.1. The maximum atomic E-state index is 12.2. The molecule has 1 aliphatic heterocycles. The fourth-order valence-corrected chi connectivity index (χ4v) is 3.11. The van der Waals surface area contributed by atoms with Crippen LogP contribution in [0.5, 0.6) is 0 Å². The summed E-state index contributed by atoms with van der Waals surface area (Å²) in [7, 11) is 0. The Kier molecular flexibility index (Phi) is 3.46. The van der Waals surface area contributed by atoms with Gasteiger partial charge in [-0.05, 0) is 26.0 Å². The third kappa shape index (κ3) is 2.79. The number of nitrogens with one attached hydrogen (secondary N) is 1. The molecule has 1 unspecified atom stereocenters. The van der Waals surface area contributed by atoms with Crippen molar-refractivity contribution in [1.82, 2.24) is 15.0 Å². The lowest BCUT2D eigenvalue weighted by Gasteiger charge is -2.26. The van der Waals surface area contributed by atoms with Gasteiger partial charge >= 0.3 is 0 Å². The van der Waals surface area contributed by atoms with E-state index >= 15 is 0 Å². The van der Waals surface area contributed by atoms with Crippen molar-refractivity contribution >= 4 is 34.4 Å². The Labute approximate surface area is 126 Å². The zero-order valence-electron chi connectivity index (χ0n) is 11.8. The molecule has 1 aromatic heterocycles. The van der Waals surface area contributed by atoms with Crippen LogP contribution in [0.3, 0.4) is 0 Å². The molecule has 0 saturated carbocycles. The lowest BCUT2D eigenvalue weighted by molar-refractivity contribution is -0.148. The van der Waals surface area contributed by atoms with Crippen LogP contribution in [0.2, 0.25) is 0 Å². The molecule has 0 spiro atoms. The van der Waals surface area contributed by atoms with Gasteiger partial charge < -0.3 is 10.1 Å². The first-order chi connectivity index (χ1) is 9.95. The minimum absolute atomic E-state index is 0.173. The van der Waals surface area contributed by atoms with E-state index in [4.69, 9.17) is 0 Å². The van der Waals surface area contributed by atoms with Gasteiger partial charge in [0.1, 0.15) is 0 Å². The molecule has 110 valence electrons. The van der Waals surface area contributed by atoms with Crippen molar-refractivity contribution in [1.29, 1.82) is 0 Å². The summed E-state index contributed by atoms with van der Waals surface area (Å²) in [6.45, 7) is 3.39. The fourth-order valence-electron chi connectivity index (χ4n) is 2.39. The monoisotopic (exact) mass is 304 g/mol. The number of hydrogen-bond acceptors (Lipinski definition) is 5. The Hall–Kier alpha value is -1.86. The second kappa shape index (κ2) is 5.16. The molecule has 2 heterocycles. The number of hydrazone groups is 1. The largest absolute Gasteiger partial charge is 0.369 e. The lowest BCUT2D eigenvalue weighted by atomic mass is 10.1. The molecule has 7 heteroatoms. The van der Waals surface area contributed by atoms with E-state index in [2.05, 4.69) is 15.1 Å². The second-order valence-electron chi connectivity index (χ2n) is 5.28. The molecule has 0 bridgehead atoms. The molecule has 1 atom stereocenters. The minimum Gasteiger partial charge on any atom is -0.369 e. The molecule has 21 heavy (non-hydrogen) atoms. The molecule has 1 aromatic carbocycles. The summed E-state index contributed by atoms with van der Waals surface area (Å²) in [5.74, 6) is -0.0606. The molecule has 2 N–H and O–H groups in total. The highest BCUT2D eigenvalue weighted by molar-refractivity contribution is 7.99. The maximum absolute atomic E-state index is 12.2. The third-order valence-corrected chi connectivity index (χ3v) is 4.11. The highest BCUT2D eigenvalue weighted by atomic mass is 32.2. The van der Waals surface area contributed by atoms with Gasteiger partial charge in [-0.25, -0.2) is 9.99 Å². The van der Waals surface area contributed by atoms with Gasteiger partial charge in [-0.2, -0.15) is 5.10 Å². The predicted molar refractivity (Wildman–Crippen MR) is 82.0 cm³/mol. The lowest BCUT2D eigenvalue weighted by Crippen LogP contribution is -2.44. The molecule has 1 aliphatic rings. The number of imidazole rings is 1. The first-order valence-electron chi connectivity index (χ1n) is 6.63. The van der Waals surface area contributed by atoms with Crippen molar-refractivity contribution in [3.05, 3.63) is 24.3 Å². The number of carbonyl (C=O) groups excluding carboxylic acids is 1. The number of para-hydroxylation sites is 2. The molecule has 2 aromatic rings. The number of aliphatic hydroxyl groups is 1. The van der Waals surface area contributed by atoms with Crippen LogP contribution in [0.15, 0.2) is 34.5 Å². The Bertz CT molecular complexity index is 690. The van der Waals surface area contributed by atoms with Crippen molar-refractivity contribution < 1.29 is 9.90 Å². The summed E-state index contributed by atoms with van der Waals surface area (Å²) in [4.78, 5) is 19.7. The van der Waals surface area contributed by atoms with Gasteiger partial charge in [-0.3, -0.25) is 4.79 Å². The number of hydrogen-bond donors (Lipinski definition) is 2. The van der Waals surface area contributed by atoms with Gasteiger partial charge in [-0.15, -0.1) is 0 Å². The summed E-state index contributed by atoms with van der Waals surface area (Å²) < 4.78 is 0. The van der Waals surface area contributed by atoms with Crippen LogP contribution in [-0.4, -0.2) is 43.2 Å². The maximum Gasteiger partial charge on any atom is 0.255 e. The molecule has 1 amide bonds. The van der Waals surface area contributed by atoms with E-state index in [9.17, 15) is 9.90 Å². The van der Waals surface area contributed by atoms with Gasteiger partial charge in [-0.1, -0.05) is 23.9 Å². The Morgan fingerprint density at radius 3 is 2.95 bits per heavy atom. The van der Waals surface area contributed by atoms with Crippen LogP contribution >= 0.6 is 11.8 Å². The zero-order chi connectivity index (χ0) is 15.0. The average Bonchev–Trinajstić information content (AvgIpc) is 2.95. The molecule has 0 aliphatic carbocycles. The Morgan fingerprint density at radius 2 is 2.29 bits per heavy atom. The van der Waals surface area contributed by atoms with Crippen LogP contribution in [0, 0.1) is 0 Å².